The van der Waals surface area contributed by atoms with Gasteiger partial charge in [0.1, 0.15) is 11.6 Å². The molecule has 110 valence electrons. The molecule has 0 radical (unpaired) electrons. The zero-order valence-electron chi connectivity index (χ0n) is 11.4. The van der Waals surface area contributed by atoms with Crippen molar-refractivity contribution in [1.29, 1.82) is 0 Å². The Bertz CT molecular complexity index is 649. The number of hydrogen-bond acceptors (Lipinski definition) is 4. The number of anilines is 2. The van der Waals surface area contributed by atoms with Crippen LogP contribution < -0.4 is 15.8 Å². The molecule has 1 amide bonds. The van der Waals surface area contributed by atoms with Crippen LogP contribution in [0.5, 0.6) is 5.75 Å². The van der Waals surface area contributed by atoms with Crippen LogP contribution in [0.2, 0.25) is 0 Å². The van der Waals surface area contributed by atoms with Gasteiger partial charge in [-0.15, -0.1) is 11.8 Å². The highest BCUT2D eigenvalue weighted by molar-refractivity contribution is 8.00. The molecule has 0 aliphatic heterocycles. The Hall–Kier alpha value is -2.21. The van der Waals surface area contributed by atoms with Crippen molar-refractivity contribution >= 4 is 29.0 Å². The van der Waals surface area contributed by atoms with Gasteiger partial charge in [0.25, 0.3) is 0 Å². The van der Waals surface area contributed by atoms with Crippen molar-refractivity contribution in [3.63, 3.8) is 0 Å². The summed E-state index contributed by atoms with van der Waals surface area (Å²) < 4.78 is 18.4. The van der Waals surface area contributed by atoms with E-state index in [-0.39, 0.29) is 17.3 Å². The van der Waals surface area contributed by atoms with Crippen LogP contribution in [0.25, 0.3) is 0 Å². The molecule has 6 heteroatoms. The number of carbonyl (C=O) groups excluding carboxylic acids is 1. The minimum Gasteiger partial charge on any atom is -0.495 e. The molecule has 0 aliphatic rings. The highest BCUT2D eigenvalue weighted by atomic mass is 32.2. The van der Waals surface area contributed by atoms with Crippen molar-refractivity contribution in [2.24, 2.45) is 0 Å². The molecule has 2 rings (SSSR count). The lowest BCUT2D eigenvalue weighted by atomic mass is 10.3. The molecule has 0 aromatic heterocycles. The first-order valence-electron chi connectivity index (χ1n) is 6.21. The van der Waals surface area contributed by atoms with Crippen LogP contribution in [0.1, 0.15) is 0 Å². The Kier molecular flexibility index (Phi) is 5.05. The summed E-state index contributed by atoms with van der Waals surface area (Å²) in [5.74, 6) is 0.0859. The quantitative estimate of drug-likeness (QED) is 0.658. The van der Waals surface area contributed by atoms with Crippen LogP contribution in [-0.2, 0) is 4.79 Å². The van der Waals surface area contributed by atoms with Gasteiger partial charge in [0.15, 0.2) is 0 Å². The summed E-state index contributed by atoms with van der Waals surface area (Å²) in [5, 5.41) is 2.75. The number of hydrogen-bond donors (Lipinski definition) is 2. The Morgan fingerprint density at radius 1 is 1.33 bits per heavy atom. The van der Waals surface area contributed by atoms with Crippen LogP contribution in [0.4, 0.5) is 15.8 Å². The molecule has 0 fully saturated rings. The second-order valence-corrected chi connectivity index (χ2v) is 5.27. The van der Waals surface area contributed by atoms with Gasteiger partial charge in [0.05, 0.1) is 24.2 Å². The van der Waals surface area contributed by atoms with Gasteiger partial charge in [-0.05, 0) is 30.3 Å². The van der Waals surface area contributed by atoms with E-state index < -0.39 is 5.82 Å². The van der Waals surface area contributed by atoms with Crippen molar-refractivity contribution in [2.75, 3.05) is 23.9 Å². The molecule has 21 heavy (non-hydrogen) atoms. The zero-order valence-corrected chi connectivity index (χ0v) is 12.2. The average molecular weight is 306 g/mol. The summed E-state index contributed by atoms with van der Waals surface area (Å²) >= 11 is 1.24. The zero-order chi connectivity index (χ0) is 15.2. The third-order valence-electron chi connectivity index (χ3n) is 2.72. The number of halogens is 1. The summed E-state index contributed by atoms with van der Waals surface area (Å²) in [6, 6.07) is 11.6. The number of carbonyl (C=O) groups is 1. The average Bonchev–Trinajstić information content (AvgIpc) is 2.49. The first kappa shape index (κ1) is 15.2. The van der Waals surface area contributed by atoms with Crippen molar-refractivity contribution in [3.8, 4) is 5.75 Å². The van der Waals surface area contributed by atoms with Gasteiger partial charge in [-0.3, -0.25) is 4.79 Å². The molecule has 0 saturated heterocycles. The molecule has 3 N–H and O–H groups in total. The van der Waals surface area contributed by atoms with Crippen molar-refractivity contribution in [1.82, 2.24) is 0 Å². The first-order chi connectivity index (χ1) is 10.1. The Labute approximate surface area is 126 Å². The second-order valence-electron chi connectivity index (χ2n) is 4.22. The number of nitrogen functional groups attached to an aromatic ring is 1. The molecule has 0 aliphatic carbocycles. The predicted octanol–water partition coefficient (Wildman–Crippen LogP) is 3.15. The van der Waals surface area contributed by atoms with Crippen molar-refractivity contribution < 1.29 is 13.9 Å². The monoisotopic (exact) mass is 306 g/mol. The van der Waals surface area contributed by atoms with Crippen LogP contribution >= 0.6 is 11.8 Å². The number of amides is 1. The van der Waals surface area contributed by atoms with E-state index in [4.69, 9.17) is 10.5 Å². The van der Waals surface area contributed by atoms with E-state index >= 15 is 0 Å². The van der Waals surface area contributed by atoms with Gasteiger partial charge >= 0.3 is 0 Å². The lowest BCUT2D eigenvalue weighted by molar-refractivity contribution is -0.113. The van der Waals surface area contributed by atoms with Gasteiger partial charge in [-0.1, -0.05) is 12.1 Å². The molecule has 0 heterocycles. The molecule has 0 atom stereocenters. The predicted molar refractivity (Wildman–Crippen MR) is 83.2 cm³/mol. The third-order valence-corrected chi connectivity index (χ3v) is 3.72. The summed E-state index contributed by atoms with van der Waals surface area (Å²) in [7, 11) is 1.54. The largest absolute Gasteiger partial charge is 0.495 e. The van der Waals surface area contributed by atoms with Crippen LogP contribution in [0.3, 0.4) is 0 Å². The standard InChI is InChI=1S/C15H15FN2O2S/c1-20-14-5-3-2-4-13(14)18-15(19)9-21-10-6-7-12(17)11(16)8-10/h2-8H,9,17H2,1H3,(H,18,19). The lowest BCUT2D eigenvalue weighted by Gasteiger charge is -2.09. The van der Waals surface area contributed by atoms with Crippen LogP contribution in [0, 0.1) is 5.82 Å². The fraction of sp³-hybridized carbons (Fsp3) is 0.133. The lowest BCUT2D eigenvalue weighted by Crippen LogP contribution is -2.14. The first-order valence-corrected chi connectivity index (χ1v) is 7.19. The SMILES string of the molecule is COc1ccccc1NC(=O)CSc1ccc(N)c(F)c1. The van der Waals surface area contributed by atoms with E-state index in [9.17, 15) is 9.18 Å². The number of rotatable bonds is 5. The van der Waals surface area contributed by atoms with Crippen molar-refractivity contribution in [2.45, 2.75) is 4.90 Å². The molecule has 0 saturated carbocycles. The smallest absolute Gasteiger partial charge is 0.234 e. The van der Waals surface area contributed by atoms with E-state index in [1.54, 1.807) is 24.3 Å². The number of benzene rings is 2. The van der Waals surface area contributed by atoms with E-state index in [0.717, 1.165) is 0 Å². The minimum absolute atomic E-state index is 0.0952. The summed E-state index contributed by atoms with van der Waals surface area (Å²) in [5.41, 5.74) is 6.10. The maximum Gasteiger partial charge on any atom is 0.234 e. The fourth-order valence-electron chi connectivity index (χ4n) is 1.68. The van der Waals surface area contributed by atoms with Gasteiger partial charge in [-0.25, -0.2) is 4.39 Å². The van der Waals surface area contributed by atoms with Crippen molar-refractivity contribution in [3.05, 3.63) is 48.3 Å². The Morgan fingerprint density at radius 2 is 2.10 bits per heavy atom. The highest BCUT2D eigenvalue weighted by Gasteiger charge is 2.08. The van der Waals surface area contributed by atoms with Crippen LogP contribution in [-0.4, -0.2) is 18.8 Å². The molecule has 0 bridgehead atoms. The number of ether oxygens (including phenoxy) is 1. The summed E-state index contributed by atoms with van der Waals surface area (Å²) in [4.78, 5) is 12.5. The van der Waals surface area contributed by atoms with Gasteiger partial charge in [0, 0.05) is 4.90 Å². The topological polar surface area (TPSA) is 64.3 Å². The molecule has 4 nitrogen and oxygen atoms in total. The molecular weight excluding hydrogens is 291 g/mol. The maximum absolute atomic E-state index is 13.3. The molecule has 0 unspecified atom stereocenters. The van der Waals surface area contributed by atoms with Gasteiger partial charge in [0.2, 0.25) is 5.91 Å². The van der Waals surface area contributed by atoms with E-state index in [2.05, 4.69) is 5.32 Å². The molecule has 2 aromatic carbocycles. The number of nitrogens with two attached hydrogens (primary N) is 1. The molecule has 0 spiro atoms. The number of thioether (sulfide) groups is 1. The maximum atomic E-state index is 13.3. The summed E-state index contributed by atoms with van der Waals surface area (Å²) in [6.45, 7) is 0. The van der Waals surface area contributed by atoms with Gasteiger partial charge < -0.3 is 15.8 Å². The van der Waals surface area contributed by atoms with Gasteiger partial charge in [-0.2, -0.15) is 0 Å². The number of methoxy groups -OCH3 is 1. The Balaban J connectivity index is 1.94. The highest BCUT2D eigenvalue weighted by Crippen LogP contribution is 2.25. The second kappa shape index (κ2) is 6.99. The van der Waals surface area contributed by atoms with E-state index in [1.807, 2.05) is 6.07 Å². The van der Waals surface area contributed by atoms with E-state index in [0.29, 0.717) is 16.3 Å². The van der Waals surface area contributed by atoms with Crippen LogP contribution in [0.15, 0.2) is 47.4 Å². The number of nitrogens with one attached hydrogen (secondary N) is 1. The third kappa shape index (κ3) is 4.13. The minimum atomic E-state index is -0.481. The molecular formula is C15H15FN2O2S. The fourth-order valence-corrected chi connectivity index (χ4v) is 2.40. The summed E-state index contributed by atoms with van der Waals surface area (Å²) in [6.07, 6.45) is 0. The normalized spacial score (nSPS) is 10.2. The Morgan fingerprint density at radius 3 is 2.81 bits per heavy atom. The molecule has 2 aromatic rings. The number of para-hydroxylation sites is 2. The van der Waals surface area contributed by atoms with E-state index in [1.165, 1.54) is 31.0 Å².